The van der Waals surface area contributed by atoms with E-state index in [1.807, 2.05) is 0 Å². The number of rotatable bonds is 1. The molecular formula is C12H8O5. The second-order valence-corrected chi connectivity index (χ2v) is 3.59. The van der Waals surface area contributed by atoms with Crippen LogP contribution in [0.2, 0.25) is 0 Å². The highest BCUT2D eigenvalue weighted by molar-refractivity contribution is 6.53. The number of Topliss-reactive ketones (excluding diaryl/α,β-unsaturated/α-hetero) is 3. The van der Waals surface area contributed by atoms with Crippen molar-refractivity contribution in [3.63, 3.8) is 0 Å². The molecule has 0 fully saturated rings. The van der Waals surface area contributed by atoms with Crippen LogP contribution in [0.3, 0.4) is 0 Å². The third kappa shape index (κ3) is 1.75. The summed E-state index contributed by atoms with van der Waals surface area (Å²) in [4.78, 5) is 45.9. The molecule has 0 aromatic heterocycles. The Kier molecular flexibility index (Phi) is 2.59. The molecule has 0 spiro atoms. The average molecular weight is 232 g/mol. The molecule has 5 nitrogen and oxygen atoms in total. The Hall–Kier alpha value is -2.30. The summed E-state index contributed by atoms with van der Waals surface area (Å²) in [5.74, 6) is -3.22. The highest BCUT2D eigenvalue weighted by Gasteiger charge is 2.42. The van der Waals surface area contributed by atoms with E-state index in [1.165, 1.54) is 12.1 Å². The van der Waals surface area contributed by atoms with Crippen molar-refractivity contribution in [2.24, 2.45) is 0 Å². The van der Waals surface area contributed by atoms with Crippen molar-refractivity contribution in [1.29, 1.82) is 0 Å². The van der Waals surface area contributed by atoms with E-state index in [-0.39, 0.29) is 11.1 Å². The highest BCUT2D eigenvalue weighted by atomic mass is 16.5. The predicted octanol–water partition coefficient (Wildman–Crippen LogP) is 0.566. The molecule has 1 aromatic carbocycles. The van der Waals surface area contributed by atoms with Crippen LogP contribution in [0, 0.1) is 0 Å². The van der Waals surface area contributed by atoms with E-state index in [0.717, 1.165) is 6.92 Å². The van der Waals surface area contributed by atoms with Gasteiger partial charge in [0.05, 0.1) is 0 Å². The monoisotopic (exact) mass is 232 g/mol. The lowest BCUT2D eigenvalue weighted by Gasteiger charge is -2.20. The second kappa shape index (κ2) is 3.93. The lowest BCUT2D eigenvalue weighted by Crippen LogP contribution is -2.43. The molecule has 0 N–H and O–H groups in total. The number of hydrogen-bond donors (Lipinski definition) is 0. The molecule has 1 atom stereocenters. The van der Waals surface area contributed by atoms with Crippen LogP contribution in [-0.4, -0.2) is 29.4 Å². The first-order chi connectivity index (χ1) is 8.02. The van der Waals surface area contributed by atoms with Gasteiger partial charge < -0.3 is 4.74 Å². The molecule has 0 radical (unpaired) electrons. The molecule has 0 aliphatic heterocycles. The highest BCUT2D eigenvalue weighted by Crippen LogP contribution is 2.21. The van der Waals surface area contributed by atoms with E-state index < -0.39 is 29.4 Å². The Balaban J connectivity index is 2.51. The van der Waals surface area contributed by atoms with Crippen molar-refractivity contribution in [3.8, 4) is 0 Å². The summed E-state index contributed by atoms with van der Waals surface area (Å²) in [6.45, 7) is 1.07. The molecular weight excluding hydrogens is 224 g/mol. The largest absolute Gasteiger partial charge is 0.445 e. The molecule has 1 aliphatic rings. The SMILES string of the molecule is CC(=O)O[C@H]1C(=O)C(=O)c2ccccc2C1=O. The molecule has 1 aromatic rings. The lowest BCUT2D eigenvalue weighted by molar-refractivity contribution is -0.148. The van der Waals surface area contributed by atoms with Crippen molar-refractivity contribution in [2.45, 2.75) is 13.0 Å². The molecule has 0 saturated carbocycles. The molecule has 0 heterocycles. The maximum absolute atomic E-state index is 11.9. The van der Waals surface area contributed by atoms with Gasteiger partial charge in [-0.1, -0.05) is 24.3 Å². The minimum atomic E-state index is -1.63. The summed E-state index contributed by atoms with van der Waals surface area (Å²) in [7, 11) is 0. The minimum absolute atomic E-state index is 0.0610. The van der Waals surface area contributed by atoms with Crippen LogP contribution < -0.4 is 0 Å². The zero-order valence-corrected chi connectivity index (χ0v) is 8.93. The summed E-state index contributed by atoms with van der Waals surface area (Å²) in [6.07, 6.45) is -1.63. The van der Waals surface area contributed by atoms with Gasteiger partial charge >= 0.3 is 5.97 Å². The Morgan fingerprint density at radius 3 is 2.24 bits per heavy atom. The topological polar surface area (TPSA) is 77.5 Å². The first-order valence-corrected chi connectivity index (χ1v) is 4.91. The second-order valence-electron chi connectivity index (χ2n) is 3.59. The summed E-state index contributed by atoms with van der Waals surface area (Å²) < 4.78 is 4.58. The fraction of sp³-hybridized carbons (Fsp3) is 0.167. The van der Waals surface area contributed by atoms with Crippen molar-refractivity contribution >= 4 is 23.3 Å². The number of carbonyl (C=O) groups is 4. The van der Waals surface area contributed by atoms with Gasteiger partial charge in [0, 0.05) is 18.1 Å². The number of ketones is 3. The third-order valence-corrected chi connectivity index (χ3v) is 2.42. The van der Waals surface area contributed by atoms with Gasteiger partial charge in [-0.2, -0.15) is 0 Å². The van der Waals surface area contributed by atoms with Gasteiger partial charge in [0.25, 0.3) is 5.78 Å². The van der Waals surface area contributed by atoms with Crippen molar-refractivity contribution in [1.82, 2.24) is 0 Å². The van der Waals surface area contributed by atoms with Crippen molar-refractivity contribution in [3.05, 3.63) is 35.4 Å². The Morgan fingerprint density at radius 2 is 1.65 bits per heavy atom. The first kappa shape index (κ1) is 11.2. The van der Waals surface area contributed by atoms with Crippen molar-refractivity contribution < 1.29 is 23.9 Å². The molecule has 17 heavy (non-hydrogen) atoms. The molecule has 5 heteroatoms. The average Bonchev–Trinajstić information content (AvgIpc) is 2.31. The number of ether oxygens (including phenoxy) is 1. The van der Waals surface area contributed by atoms with Gasteiger partial charge in [-0.25, -0.2) is 0 Å². The van der Waals surface area contributed by atoms with Gasteiger partial charge in [0.2, 0.25) is 17.7 Å². The molecule has 0 saturated heterocycles. The number of fused-ring (bicyclic) bond motifs is 1. The van der Waals surface area contributed by atoms with Gasteiger partial charge in [0.15, 0.2) is 0 Å². The number of hydrogen-bond acceptors (Lipinski definition) is 5. The van der Waals surface area contributed by atoms with E-state index in [0.29, 0.717) is 0 Å². The Bertz CT molecular complexity index is 544. The normalized spacial score (nSPS) is 18.9. The Labute approximate surface area is 96.4 Å². The zero-order valence-electron chi connectivity index (χ0n) is 8.93. The maximum atomic E-state index is 11.9. The standard InChI is InChI=1S/C12H8O5/c1-6(13)17-12-10(15)8-5-3-2-4-7(8)9(14)11(12)16/h2-5,12H,1H3/t12-/m1/s1. The number of benzene rings is 1. The summed E-state index contributed by atoms with van der Waals surface area (Å²) in [5, 5.41) is 0. The van der Waals surface area contributed by atoms with E-state index in [4.69, 9.17) is 0 Å². The molecule has 1 aliphatic carbocycles. The van der Waals surface area contributed by atoms with Crippen molar-refractivity contribution in [2.75, 3.05) is 0 Å². The Morgan fingerprint density at radius 1 is 1.06 bits per heavy atom. The lowest BCUT2D eigenvalue weighted by atomic mass is 9.87. The van der Waals surface area contributed by atoms with E-state index >= 15 is 0 Å². The van der Waals surface area contributed by atoms with Crippen LogP contribution in [0.4, 0.5) is 0 Å². The van der Waals surface area contributed by atoms with Gasteiger partial charge in [-0.15, -0.1) is 0 Å². The zero-order chi connectivity index (χ0) is 12.6. The molecule has 86 valence electrons. The van der Waals surface area contributed by atoms with Gasteiger partial charge in [-0.05, 0) is 0 Å². The van der Waals surface area contributed by atoms with Crippen LogP contribution in [0.1, 0.15) is 27.6 Å². The third-order valence-electron chi connectivity index (χ3n) is 2.42. The summed E-state index contributed by atoms with van der Waals surface area (Å²) in [5.41, 5.74) is 0.175. The molecule has 0 amide bonds. The van der Waals surface area contributed by atoms with Crippen LogP contribution >= 0.6 is 0 Å². The summed E-state index contributed by atoms with van der Waals surface area (Å²) >= 11 is 0. The fourth-order valence-electron chi connectivity index (χ4n) is 1.68. The van der Waals surface area contributed by atoms with Crippen LogP contribution in [0.15, 0.2) is 24.3 Å². The first-order valence-electron chi connectivity index (χ1n) is 4.91. The van der Waals surface area contributed by atoms with Crippen LogP contribution in [0.5, 0.6) is 0 Å². The fourth-order valence-corrected chi connectivity index (χ4v) is 1.68. The quantitative estimate of drug-likeness (QED) is 0.402. The minimum Gasteiger partial charge on any atom is -0.445 e. The van der Waals surface area contributed by atoms with E-state index in [9.17, 15) is 19.2 Å². The van der Waals surface area contributed by atoms with Gasteiger partial charge in [-0.3, -0.25) is 19.2 Å². The molecule has 0 bridgehead atoms. The molecule has 2 rings (SSSR count). The molecule has 0 unspecified atom stereocenters. The van der Waals surface area contributed by atoms with Crippen LogP contribution in [0.25, 0.3) is 0 Å². The number of esters is 1. The van der Waals surface area contributed by atoms with E-state index in [1.54, 1.807) is 12.1 Å². The number of carbonyl (C=O) groups excluding carboxylic acids is 4. The van der Waals surface area contributed by atoms with Gasteiger partial charge in [0.1, 0.15) is 0 Å². The predicted molar refractivity (Wildman–Crippen MR) is 55.7 cm³/mol. The summed E-state index contributed by atoms with van der Waals surface area (Å²) in [6, 6.07) is 5.96. The smallest absolute Gasteiger partial charge is 0.303 e. The van der Waals surface area contributed by atoms with Crippen LogP contribution in [-0.2, 0) is 14.3 Å². The maximum Gasteiger partial charge on any atom is 0.303 e. The van der Waals surface area contributed by atoms with E-state index in [2.05, 4.69) is 4.74 Å².